The number of alkyl halides is 3. The summed E-state index contributed by atoms with van der Waals surface area (Å²) in [6, 6.07) is 4.32. The lowest BCUT2D eigenvalue weighted by Gasteiger charge is -2.22. The minimum atomic E-state index is -4.15. The van der Waals surface area contributed by atoms with E-state index in [0.29, 0.717) is 5.56 Å². The van der Waals surface area contributed by atoms with Crippen molar-refractivity contribution in [3.63, 3.8) is 0 Å². The normalized spacial score (nSPS) is 11.8. The zero-order chi connectivity index (χ0) is 10.1. The molecular formula is C7H4Cl2F3P. The van der Waals surface area contributed by atoms with Crippen LogP contribution in [0.15, 0.2) is 18.2 Å². The van der Waals surface area contributed by atoms with Crippen LogP contribution in [-0.2, 0) is 6.18 Å². The molecule has 0 saturated heterocycles. The lowest BCUT2D eigenvalue weighted by molar-refractivity contribution is -0.137. The Balaban J connectivity index is 0.000000251. The average molecular weight is 247 g/mol. The highest BCUT2D eigenvalue weighted by molar-refractivity contribution is 7.90. The predicted molar refractivity (Wildman–Crippen MR) is 50.5 cm³/mol. The van der Waals surface area contributed by atoms with E-state index >= 15 is 0 Å². The average Bonchev–Trinajstić information content (AvgIpc) is 1.94. The van der Waals surface area contributed by atoms with E-state index in [4.69, 9.17) is 22.5 Å². The van der Waals surface area contributed by atoms with E-state index in [1.807, 2.05) is 0 Å². The third kappa shape index (κ3) is 2.28. The zero-order valence-corrected chi connectivity index (χ0v) is 8.63. The van der Waals surface area contributed by atoms with E-state index in [0.717, 1.165) is 11.6 Å². The second kappa shape index (κ2) is 4.04. The van der Waals surface area contributed by atoms with Gasteiger partial charge in [0.05, 0.1) is 12.8 Å². The summed E-state index contributed by atoms with van der Waals surface area (Å²) in [5.74, 6) is 0. The summed E-state index contributed by atoms with van der Waals surface area (Å²) in [4.78, 5) is 0. The molecule has 2 rings (SSSR count). The van der Waals surface area contributed by atoms with Crippen LogP contribution < -0.4 is 0 Å². The van der Waals surface area contributed by atoms with Crippen LogP contribution in [0.5, 0.6) is 0 Å². The van der Waals surface area contributed by atoms with Crippen molar-refractivity contribution in [1.29, 1.82) is 0 Å². The van der Waals surface area contributed by atoms with Crippen molar-refractivity contribution in [2.75, 3.05) is 0 Å². The van der Waals surface area contributed by atoms with E-state index in [1.54, 1.807) is 6.07 Å². The van der Waals surface area contributed by atoms with Gasteiger partial charge in [0.15, 0.2) is 0 Å². The first-order valence-electron chi connectivity index (χ1n) is 3.18. The Hall–Kier alpha value is 0.0200. The fourth-order valence-electron chi connectivity index (χ4n) is 1.02. The molecule has 0 amide bonds. The van der Waals surface area contributed by atoms with E-state index in [2.05, 4.69) is 0 Å². The minimum Gasteiger partial charge on any atom is -0.166 e. The molecule has 0 aromatic rings. The van der Waals surface area contributed by atoms with Gasteiger partial charge in [-0.1, -0.05) is 34.6 Å². The Labute approximate surface area is 84.4 Å². The third-order valence-electron chi connectivity index (χ3n) is 1.64. The molecule has 0 radical (unpaired) electrons. The lowest BCUT2D eigenvalue weighted by atomic mass is 9.86. The van der Waals surface area contributed by atoms with Crippen molar-refractivity contribution in [2.45, 2.75) is 6.18 Å². The summed E-state index contributed by atoms with van der Waals surface area (Å²) in [5.41, 5.74) is 0.616. The maximum Gasteiger partial charge on any atom is 0.417 e. The molecule has 0 aromatic heterocycles. The Bertz CT molecular complexity index is 311. The first-order chi connectivity index (χ1) is 6.00. The fourth-order valence-corrected chi connectivity index (χ4v) is 1.02. The maximum absolute atomic E-state index is 11.8. The molecule has 2 aliphatic rings. The standard InChI is InChI=1S/C7H3F3.Cl2HP/c8-7(9,10)6-3-4-1-2-5(4)6;1-3-2/h1-3H;3H. The molecular weight excluding hydrogens is 243 g/mol. The number of fused-ring (bicyclic) bond motifs is 1. The van der Waals surface area contributed by atoms with Crippen molar-refractivity contribution in [3.05, 3.63) is 23.8 Å². The number of hydrogen-bond donors (Lipinski definition) is 0. The predicted octanol–water partition coefficient (Wildman–Crippen LogP) is 4.66. The van der Waals surface area contributed by atoms with Gasteiger partial charge in [-0.15, -0.1) is 0 Å². The molecule has 0 saturated carbocycles. The van der Waals surface area contributed by atoms with Gasteiger partial charge in [0.2, 0.25) is 0 Å². The molecule has 6 heteroatoms. The first kappa shape index (κ1) is 11.1. The van der Waals surface area contributed by atoms with Crippen LogP contribution in [0, 0.1) is 0 Å². The van der Waals surface area contributed by atoms with E-state index in [9.17, 15) is 13.2 Å². The largest absolute Gasteiger partial charge is 0.417 e. The molecule has 0 aromatic carbocycles. The van der Waals surface area contributed by atoms with Crippen molar-refractivity contribution in [3.8, 4) is 11.1 Å². The fraction of sp³-hybridized carbons (Fsp3) is 0.143. The van der Waals surface area contributed by atoms with Crippen LogP contribution in [0.1, 0.15) is 5.56 Å². The molecule has 0 bridgehead atoms. The maximum atomic E-state index is 11.8. The zero-order valence-electron chi connectivity index (χ0n) is 6.12. The second-order valence-corrected chi connectivity index (χ2v) is 4.19. The summed E-state index contributed by atoms with van der Waals surface area (Å²) in [7, 11) is 0.0278. The monoisotopic (exact) mass is 246 g/mol. The van der Waals surface area contributed by atoms with E-state index in [-0.39, 0.29) is 7.29 Å². The quantitative estimate of drug-likeness (QED) is 0.594. The molecule has 72 valence electrons. The first-order valence-corrected chi connectivity index (χ1v) is 6.21. The molecule has 0 nitrogen and oxygen atoms in total. The van der Waals surface area contributed by atoms with Crippen LogP contribution >= 0.6 is 29.8 Å². The molecule has 2 aliphatic carbocycles. The van der Waals surface area contributed by atoms with Gasteiger partial charge in [0.1, 0.15) is 0 Å². The Morgan fingerprint density at radius 3 is 1.77 bits per heavy atom. The van der Waals surface area contributed by atoms with Gasteiger partial charge in [-0.2, -0.15) is 13.2 Å². The number of rotatable bonds is 0. The number of hydrogen-bond acceptors (Lipinski definition) is 0. The van der Waals surface area contributed by atoms with E-state index < -0.39 is 11.7 Å². The Kier molecular flexibility index (Phi) is 3.44. The highest BCUT2D eigenvalue weighted by atomic mass is 35.9. The van der Waals surface area contributed by atoms with Crippen LogP contribution in [-0.4, -0.2) is 0 Å². The van der Waals surface area contributed by atoms with Gasteiger partial charge in [0.25, 0.3) is 0 Å². The summed E-state index contributed by atoms with van der Waals surface area (Å²) < 4.78 is 35.5. The molecule has 0 atom stereocenters. The number of benzene rings is 1. The highest BCUT2D eigenvalue weighted by Crippen LogP contribution is 2.45. The Morgan fingerprint density at radius 1 is 1.15 bits per heavy atom. The summed E-state index contributed by atoms with van der Waals surface area (Å²) in [6.45, 7) is 0. The van der Waals surface area contributed by atoms with Gasteiger partial charge in [-0.05, 0) is 17.2 Å². The molecule has 0 heterocycles. The van der Waals surface area contributed by atoms with Crippen LogP contribution in [0.4, 0.5) is 13.2 Å². The molecule has 0 fully saturated rings. The van der Waals surface area contributed by atoms with E-state index in [1.165, 1.54) is 6.07 Å². The third-order valence-corrected chi connectivity index (χ3v) is 1.64. The van der Waals surface area contributed by atoms with Crippen molar-refractivity contribution in [1.82, 2.24) is 0 Å². The summed E-state index contributed by atoms with van der Waals surface area (Å²) in [6.07, 6.45) is -4.15. The second-order valence-electron chi connectivity index (χ2n) is 2.33. The van der Waals surface area contributed by atoms with Crippen molar-refractivity contribution in [2.24, 2.45) is 0 Å². The van der Waals surface area contributed by atoms with Crippen LogP contribution in [0.2, 0.25) is 0 Å². The van der Waals surface area contributed by atoms with Crippen molar-refractivity contribution < 1.29 is 13.2 Å². The molecule has 0 aliphatic heterocycles. The highest BCUT2D eigenvalue weighted by Gasteiger charge is 2.38. The number of halogens is 5. The van der Waals surface area contributed by atoms with Gasteiger partial charge >= 0.3 is 6.18 Å². The summed E-state index contributed by atoms with van der Waals surface area (Å²) >= 11 is 9.58. The van der Waals surface area contributed by atoms with Gasteiger partial charge in [0, 0.05) is 0 Å². The summed E-state index contributed by atoms with van der Waals surface area (Å²) in [5, 5.41) is 0. The lowest BCUT2D eigenvalue weighted by Crippen LogP contribution is -2.12. The van der Waals surface area contributed by atoms with Crippen LogP contribution in [0.25, 0.3) is 11.1 Å². The smallest absolute Gasteiger partial charge is 0.166 e. The molecule has 13 heavy (non-hydrogen) atoms. The van der Waals surface area contributed by atoms with Gasteiger partial charge in [-0.25, -0.2) is 0 Å². The molecule has 0 spiro atoms. The van der Waals surface area contributed by atoms with Crippen molar-refractivity contribution >= 4 is 29.8 Å². The SMILES string of the molecule is ClPCl.FC(F)(F)c1cc2ccc1-2. The molecule has 0 unspecified atom stereocenters. The molecule has 0 N–H and O–H groups in total. The topological polar surface area (TPSA) is 0 Å². The Morgan fingerprint density at radius 2 is 1.69 bits per heavy atom. The minimum absolute atomic E-state index is 0.0278. The van der Waals surface area contributed by atoms with Gasteiger partial charge < -0.3 is 0 Å². The van der Waals surface area contributed by atoms with Crippen LogP contribution in [0.3, 0.4) is 0 Å². The van der Waals surface area contributed by atoms with Gasteiger partial charge in [-0.3, -0.25) is 0 Å².